The fraction of sp³-hybridized carbons (Fsp3) is 0.471. The zero-order valence-corrected chi connectivity index (χ0v) is 15.0. The molecule has 0 radical (unpaired) electrons. The van der Waals surface area contributed by atoms with Gasteiger partial charge in [-0.25, -0.2) is 4.79 Å². The standard InChI is InChI=1S/C17H23N3O6/c1-24-7-6-18-15(21)9-12-16(22)20(17(23)19-12)10-11-4-5-13(25-2)14(8-11)26-3/h4-5,8,12H,6-7,9-10H2,1-3H3,(H,18,21)(H,19,23)/t12-/m0/s1. The molecule has 1 aliphatic heterocycles. The summed E-state index contributed by atoms with van der Waals surface area (Å²) in [5.74, 6) is 0.297. The van der Waals surface area contributed by atoms with E-state index in [1.165, 1.54) is 21.3 Å². The minimum absolute atomic E-state index is 0.0762. The first-order valence-corrected chi connectivity index (χ1v) is 8.08. The van der Waals surface area contributed by atoms with Crippen LogP contribution in [-0.4, -0.2) is 63.3 Å². The molecule has 1 heterocycles. The van der Waals surface area contributed by atoms with E-state index in [2.05, 4.69) is 10.6 Å². The first-order chi connectivity index (χ1) is 12.5. The van der Waals surface area contributed by atoms with E-state index >= 15 is 0 Å². The molecule has 0 aromatic heterocycles. The number of amides is 4. The van der Waals surface area contributed by atoms with Crippen molar-refractivity contribution in [2.24, 2.45) is 0 Å². The summed E-state index contributed by atoms with van der Waals surface area (Å²) in [7, 11) is 4.56. The molecule has 142 valence electrons. The second kappa shape index (κ2) is 9.04. The highest BCUT2D eigenvalue weighted by Gasteiger charge is 2.39. The van der Waals surface area contributed by atoms with Gasteiger partial charge in [-0.05, 0) is 17.7 Å². The fourth-order valence-electron chi connectivity index (χ4n) is 2.58. The van der Waals surface area contributed by atoms with Crippen LogP contribution in [0.3, 0.4) is 0 Å². The van der Waals surface area contributed by atoms with Crippen molar-refractivity contribution in [3.8, 4) is 11.5 Å². The molecule has 1 saturated heterocycles. The molecule has 4 amide bonds. The van der Waals surface area contributed by atoms with E-state index < -0.39 is 18.0 Å². The van der Waals surface area contributed by atoms with Gasteiger partial charge in [-0.2, -0.15) is 0 Å². The molecular weight excluding hydrogens is 342 g/mol. The summed E-state index contributed by atoms with van der Waals surface area (Å²) in [6.07, 6.45) is -0.114. The minimum atomic E-state index is -0.870. The Morgan fingerprint density at radius 1 is 1.19 bits per heavy atom. The van der Waals surface area contributed by atoms with Crippen LogP contribution in [0.1, 0.15) is 12.0 Å². The number of nitrogens with one attached hydrogen (secondary N) is 2. The van der Waals surface area contributed by atoms with E-state index in [0.29, 0.717) is 30.2 Å². The molecule has 9 nitrogen and oxygen atoms in total. The summed E-state index contributed by atoms with van der Waals surface area (Å²) in [5.41, 5.74) is 0.705. The largest absolute Gasteiger partial charge is 0.493 e. The summed E-state index contributed by atoms with van der Waals surface area (Å²) in [5, 5.41) is 5.16. The van der Waals surface area contributed by atoms with Crippen molar-refractivity contribution in [1.82, 2.24) is 15.5 Å². The Morgan fingerprint density at radius 3 is 2.58 bits per heavy atom. The van der Waals surface area contributed by atoms with Gasteiger partial charge in [-0.3, -0.25) is 14.5 Å². The second-order valence-electron chi connectivity index (χ2n) is 5.66. The molecule has 0 aliphatic carbocycles. The Kier molecular flexibility index (Phi) is 6.79. The van der Waals surface area contributed by atoms with Gasteiger partial charge in [-0.15, -0.1) is 0 Å². The van der Waals surface area contributed by atoms with Crippen LogP contribution in [0.4, 0.5) is 4.79 Å². The highest BCUT2D eigenvalue weighted by atomic mass is 16.5. The van der Waals surface area contributed by atoms with E-state index in [4.69, 9.17) is 14.2 Å². The summed E-state index contributed by atoms with van der Waals surface area (Å²) in [6, 6.07) is 3.74. The summed E-state index contributed by atoms with van der Waals surface area (Å²) >= 11 is 0. The van der Waals surface area contributed by atoms with Gasteiger partial charge in [0, 0.05) is 13.7 Å². The van der Waals surface area contributed by atoms with Crippen molar-refractivity contribution in [3.63, 3.8) is 0 Å². The van der Waals surface area contributed by atoms with Gasteiger partial charge < -0.3 is 24.8 Å². The first kappa shape index (κ1) is 19.5. The number of rotatable bonds is 9. The number of nitrogens with zero attached hydrogens (tertiary/aromatic N) is 1. The van der Waals surface area contributed by atoms with Crippen molar-refractivity contribution in [1.29, 1.82) is 0 Å². The number of imide groups is 1. The Morgan fingerprint density at radius 2 is 1.92 bits per heavy atom. The fourth-order valence-corrected chi connectivity index (χ4v) is 2.58. The monoisotopic (exact) mass is 365 g/mol. The smallest absolute Gasteiger partial charge is 0.325 e. The number of hydrogen-bond donors (Lipinski definition) is 2. The highest BCUT2D eigenvalue weighted by Crippen LogP contribution is 2.28. The molecule has 1 aromatic rings. The number of ether oxygens (including phenoxy) is 3. The Balaban J connectivity index is 1.99. The molecular formula is C17H23N3O6. The number of methoxy groups -OCH3 is 3. The molecule has 2 N–H and O–H groups in total. The molecule has 0 spiro atoms. The molecule has 0 unspecified atom stereocenters. The van der Waals surface area contributed by atoms with Crippen molar-refractivity contribution in [3.05, 3.63) is 23.8 Å². The molecule has 1 fully saturated rings. The number of carbonyl (C=O) groups excluding carboxylic acids is 3. The third-order valence-electron chi connectivity index (χ3n) is 3.91. The molecule has 1 aliphatic rings. The molecule has 0 bridgehead atoms. The predicted molar refractivity (Wildman–Crippen MR) is 91.9 cm³/mol. The maximum absolute atomic E-state index is 12.4. The second-order valence-corrected chi connectivity index (χ2v) is 5.66. The zero-order valence-electron chi connectivity index (χ0n) is 15.0. The van der Waals surface area contributed by atoms with Crippen LogP contribution >= 0.6 is 0 Å². The third-order valence-corrected chi connectivity index (χ3v) is 3.91. The van der Waals surface area contributed by atoms with Gasteiger partial charge in [0.15, 0.2) is 11.5 Å². The lowest BCUT2D eigenvalue weighted by atomic mass is 10.1. The van der Waals surface area contributed by atoms with Gasteiger partial charge in [0.25, 0.3) is 5.91 Å². The lowest BCUT2D eigenvalue weighted by Gasteiger charge is -2.15. The van der Waals surface area contributed by atoms with Crippen LogP contribution in [0.25, 0.3) is 0 Å². The number of carbonyl (C=O) groups is 3. The van der Waals surface area contributed by atoms with E-state index in [0.717, 1.165) is 4.90 Å². The van der Waals surface area contributed by atoms with Crippen LogP contribution in [0.15, 0.2) is 18.2 Å². The Labute approximate surface area is 151 Å². The predicted octanol–water partition coefficient (Wildman–Crippen LogP) is 0.277. The lowest BCUT2D eigenvalue weighted by molar-refractivity contribution is -0.131. The van der Waals surface area contributed by atoms with Gasteiger partial charge in [-0.1, -0.05) is 6.07 Å². The summed E-state index contributed by atoms with van der Waals surface area (Å²) in [4.78, 5) is 37.5. The summed E-state index contributed by atoms with van der Waals surface area (Å²) in [6.45, 7) is 0.800. The molecule has 0 saturated carbocycles. The maximum Gasteiger partial charge on any atom is 0.325 e. The molecule has 1 aromatic carbocycles. The average Bonchev–Trinajstić information content (AvgIpc) is 2.89. The average molecular weight is 365 g/mol. The normalized spacial score (nSPS) is 16.4. The molecule has 2 rings (SSSR count). The van der Waals surface area contributed by atoms with Crippen LogP contribution in [0.5, 0.6) is 11.5 Å². The van der Waals surface area contributed by atoms with Gasteiger partial charge in [0.2, 0.25) is 5.91 Å². The Bertz CT molecular complexity index is 678. The third kappa shape index (κ3) is 4.63. The molecule has 26 heavy (non-hydrogen) atoms. The highest BCUT2D eigenvalue weighted by molar-refractivity contribution is 6.05. The van der Waals surface area contributed by atoms with Crippen LogP contribution in [-0.2, 0) is 20.9 Å². The van der Waals surface area contributed by atoms with Gasteiger partial charge >= 0.3 is 6.03 Å². The maximum atomic E-state index is 12.4. The molecule has 1 atom stereocenters. The molecule has 9 heteroatoms. The number of hydrogen-bond acceptors (Lipinski definition) is 6. The van der Waals surface area contributed by atoms with Crippen LogP contribution < -0.4 is 20.1 Å². The number of urea groups is 1. The first-order valence-electron chi connectivity index (χ1n) is 8.08. The van der Waals surface area contributed by atoms with Crippen molar-refractivity contribution >= 4 is 17.8 Å². The lowest BCUT2D eigenvalue weighted by Crippen LogP contribution is -2.37. The van der Waals surface area contributed by atoms with Crippen molar-refractivity contribution < 1.29 is 28.6 Å². The van der Waals surface area contributed by atoms with Crippen LogP contribution in [0.2, 0.25) is 0 Å². The topological polar surface area (TPSA) is 106 Å². The van der Waals surface area contributed by atoms with E-state index in [1.54, 1.807) is 18.2 Å². The van der Waals surface area contributed by atoms with Gasteiger partial charge in [0.1, 0.15) is 6.04 Å². The minimum Gasteiger partial charge on any atom is -0.493 e. The van der Waals surface area contributed by atoms with E-state index in [9.17, 15) is 14.4 Å². The van der Waals surface area contributed by atoms with Crippen LogP contribution in [0, 0.1) is 0 Å². The van der Waals surface area contributed by atoms with E-state index in [1.807, 2.05) is 0 Å². The van der Waals surface area contributed by atoms with Crippen molar-refractivity contribution in [2.45, 2.75) is 19.0 Å². The van der Waals surface area contributed by atoms with Crippen molar-refractivity contribution in [2.75, 3.05) is 34.5 Å². The van der Waals surface area contributed by atoms with E-state index in [-0.39, 0.29) is 18.9 Å². The zero-order chi connectivity index (χ0) is 19.1. The van der Waals surface area contributed by atoms with Gasteiger partial charge in [0.05, 0.1) is 33.8 Å². The Hall–Kier alpha value is -2.81. The SMILES string of the molecule is COCCNC(=O)C[C@@H]1NC(=O)N(Cc2ccc(OC)c(OC)c2)C1=O. The number of benzene rings is 1. The summed E-state index contributed by atoms with van der Waals surface area (Å²) < 4.78 is 15.2. The quantitative estimate of drug-likeness (QED) is 0.481.